The Bertz CT molecular complexity index is 467. The Balaban J connectivity index is 1.93. The number of hydrogen-bond acceptors (Lipinski definition) is 2. The molecule has 0 amide bonds. The van der Waals surface area contributed by atoms with Crippen LogP contribution in [0.1, 0.15) is 63.6 Å². The number of rotatable bonds is 1. The summed E-state index contributed by atoms with van der Waals surface area (Å²) in [7, 11) is 0. The number of likely N-dealkylation sites (tertiary alicyclic amines) is 1. The molecule has 2 heterocycles. The third-order valence-corrected chi connectivity index (χ3v) is 4.84. The van der Waals surface area contributed by atoms with Crippen LogP contribution in [0.4, 0.5) is 5.69 Å². The van der Waals surface area contributed by atoms with Gasteiger partial charge in [0.25, 0.3) is 0 Å². The van der Waals surface area contributed by atoms with Crippen LogP contribution < -0.4 is 5.32 Å². The monoisotopic (exact) mass is 272 g/mol. The standard InChI is InChI=1S/C18H28N2/c1-18(2,3)14-7-8-16-15(13-14)17(9-10-19-16)20-11-5-4-6-12-20/h7-8,13,17,19H,4-6,9-12H2,1-3H3. The van der Waals surface area contributed by atoms with E-state index in [0.717, 1.165) is 6.54 Å². The zero-order valence-electron chi connectivity index (χ0n) is 13.2. The Hall–Kier alpha value is -1.02. The van der Waals surface area contributed by atoms with Gasteiger partial charge in [-0.1, -0.05) is 39.3 Å². The first-order valence-electron chi connectivity index (χ1n) is 8.18. The predicted molar refractivity (Wildman–Crippen MR) is 86.4 cm³/mol. The summed E-state index contributed by atoms with van der Waals surface area (Å²) >= 11 is 0. The smallest absolute Gasteiger partial charge is 0.0388 e. The van der Waals surface area contributed by atoms with Crippen molar-refractivity contribution < 1.29 is 0 Å². The molecule has 3 rings (SSSR count). The Kier molecular flexibility index (Phi) is 3.76. The molecule has 1 N–H and O–H groups in total. The number of anilines is 1. The SMILES string of the molecule is CC(C)(C)c1ccc2c(c1)C(N1CCCCC1)CCN2. The second-order valence-electron chi connectivity index (χ2n) is 7.38. The van der Waals surface area contributed by atoms with Crippen LogP contribution in [0.25, 0.3) is 0 Å². The lowest BCUT2D eigenvalue weighted by Crippen LogP contribution is -2.37. The summed E-state index contributed by atoms with van der Waals surface area (Å²) in [6.45, 7) is 10.6. The van der Waals surface area contributed by atoms with Gasteiger partial charge in [0.05, 0.1) is 0 Å². The van der Waals surface area contributed by atoms with Gasteiger partial charge in [-0.05, 0) is 55.0 Å². The number of nitrogens with zero attached hydrogens (tertiary/aromatic N) is 1. The van der Waals surface area contributed by atoms with Crippen molar-refractivity contribution in [1.29, 1.82) is 0 Å². The molecular weight excluding hydrogens is 244 g/mol. The molecule has 0 aliphatic carbocycles. The lowest BCUT2D eigenvalue weighted by molar-refractivity contribution is 0.156. The number of nitrogens with one attached hydrogen (secondary N) is 1. The first-order chi connectivity index (χ1) is 9.55. The molecule has 1 saturated heterocycles. The fourth-order valence-electron chi connectivity index (χ4n) is 3.57. The first kappa shape index (κ1) is 13.9. The number of hydrogen-bond donors (Lipinski definition) is 1. The van der Waals surface area contributed by atoms with Crippen LogP contribution in [-0.4, -0.2) is 24.5 Å². The van der Waals surface area contributed by atoms with Crippen molar-refractivity contribution in [3.63, 3.8) is 0 Å². The third-order valence-electron chi connectivity index (χ3n) is 4.84. The van der Waals surface area contributed by atoms with E-state index in [1.54, 1.807) is 0 Å². The molecule has 2 nitrogen and oxygen atoms in total. The van der Waals surface area contributed by atoms with E-state index in [0.29, 0.717) is 6.04 Å². The normalized spacial score (nSPS) is 24.1. The lowest BCUT2D eigenvalue weighted by Gasteiger charge is -2.39. The van der Waals surface area contributed by atoms with Gasteiger partial charge in [-0.3, -0.25) is 4.90 Å². The number of benzene rings is 1. The summed E-state index contributed by atoms with van der Waals surface area (Å²) in [6, 6.07) is 7.69. The van der Waals surface area contributed by atoms with Crippen molar-refractivity contribution in [3.8, 4) is 0 Å². The Labute approximate surface area is 123 Å². The third kappa shape index (κ3) is 2.71. The van der Waals surface area contributed by atoms with Crippen LogP contribution >= 0.6 is 0 Å². The molecule has 0 radical (unpaired) electrons. The van der Waals surface area contributed by atoms with Crippen molar-refractivity contribution in [2.75, 3.05) is 25.0 Å². The quantitative estimate of drug-likeness (QED) is 0.818. The lowest BCUT2D eigenvalue weighted by atomic mass is 9.83. The minimum absolute atomic E-state index is 0.235. The van der Waals surface area contributed by atoms with E-state index in [-0.39, 0.29) is 5.41 Å². The fourth-order valence-corrected chi connectivity index (χ4v) is 3.57. The molecule has 0 saturated carbocycles. The topological polar surface area (TPSA) is 15.3 Å². The summed E-state index contributed by atoms with van der Waals surface area (Å²) in [5.74, 6) is 0. The van der Waals surface area contributed by atoms with Crippen LogP contribution in [0.2, 0.25) is 0 Å². The van der Waals surface area contributed by atoms with Crippen molar-refractivity contribution in [2.24, 2.45) is 0 Å². The Morgan fingerprint density at radius 1 is 1.10 bits per heavy atom. The van der Waals surface area contributed by atoms with Crippen molar-refractivity contribution >= 4 is 5.69 Å². The summed E-state index contributed by atoms with van der Waals surface area (Å²) in [6.07, 6.45) is 5.41. The average Bonchev–Trinajstić information content (AvgIpc) is 2.46. The maximum atomic E-state index is 3.58. The van der Waals surface area contributed by atoms with Gasteiger partial charge in [0.15, 0.2) is 0 Å². The molecule has 1 aromatic rings. The van der Waals surface area contributed by atoms with Crippen LogP contribution in [-0.2, 0) is 5.41 Å². The molecule has 110 valence electrons. The summed E-state index contributed by atoms with van der Waals surface area (Å²) in [4.78, 5) is 2.72. The summed E-state index contributed by atoms with van der Waals surface area (Å²) in [5, 5.41) is 3.58. The largest absolute Gasteiger partial charge is 0.385 e. The van der Waals surface area contributed by atoms with Gasteiger partial charge in [0.1, 0.15) is 0 Å². The van der Waals surface area contributed by atoms with Crippen LogP contribution in [0.5, 0.6) is 0 Å². The maximum absolute atomic E-state index is 3.58. The molecule has 0 bridgehead atoms. The predicted octanol–water partition coefficient (Wildman–Crippen LogP) is 4.33. The van der Waals surface area contributed by atoms with Gasteiger partial charge < -0.3 is 5.32 Å². The van der Waals surface area contributed by atoms with Gasteiger partial charge >= 0.3 is 0 Å². The van der Waals surface area contributed by atoms with E-state index in [4.69, 9.17) is 0 Å². The van der Waals surface area contributed by atoms with E-state index < -0.39 is 0 Å². The minimum Gasteiger partial charge on any atom is -0.385 e. The maximum Gasteiger partial charge on any atom is 0.0388 e. The highest BCUT2D eigenvalue weighted by molar-refractivity contribution is 5.56. The Morgan fingerprint density at radius 2 is 1.85 bits per heavy atom. The van der Waals surface area contributed by atoms with Crippen LogP contribution in [0.15, 0.2) is 18.2 Å². The van der Waals surface area contributed by atoms with Gasteiger partial charge in [-0.15, -0.1) is 0 Å². The second-order valence-corrected chi connectivity index (χ2v) is 7.38. The average molecular weight is 272 g/mol. The van der Waals surface area contributed by atoms with Crippen LogP contribution in [0, 0.1) is 0 Å². The fraction of sp³-hybridized carbons (Fsp3) is 0.667. The molecule has 2 aliphatic heterocycles. The van der Waals surface area contributed by atoms with E-state index in [9.17, 15) is 0 Å². The molecule has 2 aliphatic rings. The van der Waals surface area contributed by atoms with Gasteiger partial charge in [-0.25, -0.2) is 0 Å². The molecule has 2 heteroatoms. The molecule has 1 atom stereocenters. The second kappa shape index (κ2) is 5.40. The van der Waals surface area contributed by atoms with Crippen molar-refractivity contribution in [1.82, 2.24) is 4.90 Å². The highest BCUT2D eigenvalue weighted by Crippen LogP contribution is 2.38. The van der Waals surface area contributed by atoms with E-state index in [1.807, 2.05) is 0 Å². The molecule has 20 heavy (non-hydrogen) atoms. The molecular formula is C18H28N2. The molecule has 1 fully saturated rings. The zero-order valence-corrected chi connectivity index (χ0v) is 13.2. The van der Waals surface area contributed by atoms with Gasteiger partial charge in [-0.2, -0.15) is 0 Å². The van der Waals surface area contributed by atoms with Crippen molar-refractivity contribution in [2.45, 2.75) is 57.9 Å². The molecule has 1 unspecified atom stereocenters. The highest BCUT2D eigenvalue weighted by atomic mass is 15.2. The number of fused-ring (bicyclic) bond motifs is 1. The van der Waals surface area contributed by atoms with Gasteiger partial charge in [0, 0.05) is 18.3 Å². The summed E-state index contributed by atoms with van der Waals surface area (Å²) in [5.41, 5.74) is 4.59. The number of piperidine rings is 1. The molecule has 0 spiro atoms. The van der Waals surface area contributed by atoms with Crippen molar-refractivity contribution in [3.05, 3.63) is 29.3 Å². The van der Waals surface area contributed by atoms with Gasteiger partial charge in [0.2, 0.25) is 0 Å². The van der Waals surface area contributed by atoms with E-state index >= 15 is 0 Å². The summed E-state index contributed by atoms with van der Waals surface area (Å²) < 4.78 is 0. The zero-order chi connectivity index (χ0) is 14.2. The molecule has 1 aromatic carbocycles. The first-order valence-corrected chi connectivity index (χ1v) is 8.18. The van der Waals surface area contributed by atoms with E-state index in [1.165, 1.54) is 55.6 Å². The Morgan fingerprint density at radius 3 is 2.55 bits per heavy atom. The highest BCUT2D eigenvalue weighted by Gasteiger charge is 2.28. The van der Waals surface area contributed by atoms with E-state index in [2.05, 4.69) is 49.2 Å². The minimum atomic E-state index is 0.235. The molecule has 0 aromatic heterocycles. The van der Waals surface area contributed by atoms with Crippen LogP contribution in [0.3, 0.4) is 0 Å².